The molecule has 1 saturated carbocycles. The summed E-state index contributed by atoms with van der Waals surface area (Å²) in [6, 6.07) is 0.796. The first-order chi connectivity index (χ1) is 6.21. The third kappa shape index (κ3) is 0.921. The molecular formula is C9H14N2O2. The van der Waals surface area contributed by atoms with E-state index >= 15 is 0 Å². The molecule has 1 amide bonds. The van der Waals surface area contributed by atoms with E-state index in [0.29, 0.717) is 0 Å². The molecule has 1 spiro atoms. The minimum absolute atomic E-state index is 0.277. The van der Waals surface area contributed by atoms with Gasteiger partial charge in [0.25, 0.3) is 0 Å². The molecule has 1 aliphatic carbocycles. The summed E-state index contributed by atoms with van der Waals surface area (Å²) in [6.07, 6.45) is 3.10. The van der Waals surface area contributed by atoms with E-state index in [1.807, 2.05) is 0 Å². The second-order valence-corrected chi connectivity index (χ2v) is 4.54. The first-order valence-electron chi connectivity index (χ1n) is 4.96. The van der Waals surface area contributed by atoms with Gasteiger partial charge in [0.1, 0.15) is 0 Å². The number of carbonyl (C=O) groups is 1. The van der Waals surface area contributed by atoms with Crippen LogP contribution in [0.25, 0.3) is 0 Å². The molecule has 3 aliphatic rings. The minimum atomic E-state index is -0.756. The maximum absolute atomic E-state index is 10.6. The van der Waals surface area contributed by atoms with Gasteiger partial charge in [0.05, 0.1) is 5.54 Å². The zero-order chi connectivity index (χ0) is 9.05. The molecule has 72 valence electrons. The highest BCUT2D eigenvalue weighted by molar-refractivity contribution is 5.67. The summed E-state index contributed by atoms with van der Waals surface area (Å²) < 4.78 is 0. The number of likely N-dealkylation sites (tertiary alicyclic amines) is 2. The average molecular weight is 182 g/mol. The van der Waals surface area contributed by atoms with Crippen LogP contribution in [-0.2, 0) is 0 Å². The number of hydrogen-bond donors (Lipinski definition) is 1. The van der Waals surface area contributed by atoms with E-state index < -0.39 is 6.09 Å². The van der Waals surface area contributed by atoms with E-state index in [1.165, 1.54) is 30.7 Å². The summed E-state index contributed by atoms with van der Waals surface area (Å²) >= 11 is 0. The molecule has 0 atom stereocenters. The van der Waals surface area contributed by atoms with E-state index in [1.54, 1.807) is 0 Å². The van der Waals surface area contributed by atoms with Gasteiger partial charge < -0.3 is 10.0 Å². The van der Waals surface area contributed by atoms with Crippen LogP contribution in [0.15, 0.2) is 0 Å². The zero-order valence-electron chi connectivity index (χ0n) is 7.57. The largest absolute Gasteiger partial charge is 0.465 e. The smallest absolute Gasteiger partial charge is 0.407 e. The fourth-order valence-electron chi connectivity index (χ4n) is 2.65. The monoisotopic (exact) mass is 182 g/mol. The van der Waals surface area contributed by atoms with Gasteiger partial charge in [-0.05, 0) is 19.3 Å². The van der Waals surface area contributed by atoms with Crippen molar-refractivity contribution in [3.63, 3.8) is 0 Å². The van der Waals surface area contributed by atoms with Crippen LogP contribution in [-0.4, -0.2) is 52.2 Å². The van der Waals surface area contributed by atoms with Crippen LogP contribution in [0.1, 0.15) is 19.3 Å². The van der Waals surface area contributed by atoms with Gasteiger partial charge in [-0.15, -0.1) is 0 Å². The number of nitrogens with zero attached hydrogens (tertiary/aromatic N) is 2. The molecule has 0 unspecified atom stereocenters. The second-order valence-electron chi connectivity index (χ2n) is 4.54. The molecule has 3 fully saturated rings. The SMILES string of the molecule is O=C(O)N1CC2(CCN2C2CC2)C1. The molecule has 0 radical (unpaired) electrons. The lowest BCUT2D eigenvalue weighted by atomic mass is 9.77. The lowest BCUT2D eigenvalue weighted by Gasteiger charge is -2.62. The predicted molar refractivity (Wildman–Crippen MR) is 46.7 cm³/mol. The van der Waals surface area contributed by atoms with E-state index in [0.717, 1.165) is 19.1 Å². The van der Waals surface area contributed by atoms with Crippen LogP contribution in [0.3, 0.4) is 0 Å². The first-order valence-corrected chi connectivity index (χ1v) is 4.96. The molecule has 3 rings (SSSR count). The Morgan fingerprint density at radius 2 is 2.08 bits per heavy atom. The van der Waals surface area contributed by atoms with Gasteiger partial charge in [-0.1, -0.05) is 0 Å². The van der Waals surface area contributed by atoms with Crippen LogP contribution in [0.2, 0.25) is 0 Å². The van der Waals surface area contributed by atoms with Crippen molar-refractivity contribution in [3.8, 4) is 0 Å². The van der Waals surface area contributed by atoms with Crippen molar-refractivity contribution < 1.29 is 9.90 Å². The quantitative estimate of drug-likeness (QED) is 0.645. The van der Waals surface area contributed by atoms with Crippen LogP contribution >= 0.6 is 0 Å². The Kier molecular flexibility index (Phi) is 1.28. The summed E-state index contributed by atoms with van der Waals surface area (Å²) in [5.41, 5.74) is 0.277. The highest BCUT2D eigenvalue weighted by Gasteiger charge is 2.58. The lowest BCUT2D eigenvalue weighted by molar-refractivity contribution is -0.115. The molecule has 2 aliphatic heterocycles. The highest BCUT2D eigenvalue weighted by Crippen LogP contribution is 2.45. The van der Waals surface area contributed by atoms with Crippen molar-refractivity contribution in [2.75, 3.05) is 19.6 Å². The molecule has 2 saturated heterocycles. The van der Waals surface area contributed by atoms with E-state index in [-0.39, 0.29) is 5.54 Å². The van der Waals surface area contributed by atoms with Crippen molar-refractivity contribution >= 4 is 6.09 Å². The van der Waals surface area contributed by atoms with Crippen LogP contribution in [0.4, 0.5) is 4.79 Å². The number of amides is 1. The van der Waals surface area contributed by atoms with Crippen LogP contribution in [0, 0.1) is 0 Å². The summed E-state index contributed by atoms with van der Waals surface area (Å²) in [7, 11) is 0. The number of hydrogen-bond acceptors (Lipinski definition) is 2. The topological polar surface area (TPSA) is 43.8 Å². The molecule has 0 bridgehead atoms. The second kappa shape index (κ2) is 2.18. The standard InChI is InChI=1S/C9H14N2O2/c12-8(13)10-5-9(6-10)3-4-11(9)7-1-2-7/h7H,1-6H2,(H,12,13). The number of carboxylic acid groups (broad SMARTS) is 1. The Bertz CT molecular complexity index is 256. The van der Waals surface area contributed by atoms with Gasteiger partial charge in [-0.3, -0.25) is 4.90 Å². The molecule has 2 heterocycles. The van der Waals surface area contributed by atoms with Gasteiger partial charge in [-0.25, -0.2) is 4.79 Å². The van der Waals surface area contributed by atoms with Crippen LogP contribution < -0.4 is 0 Å². The van der Waals surface area contributed by atoms with Crippen molar-refractivity contribution in [2.24, 2.45) is 0 Å². The summed E-state index contributed by atoms with van der Waals surface area (Å²) in [6.45, 7) is 2.69. The molecule has 4 heteroatoms. The van der Waals surface area contributed by atoms with Gasteiger partial charge in [0.2, 0.25) is 0 Å². The van der Waals surface area contributed by atoms with Crippen molar-refractivity contribution in [1.29, 1.82) is 0 Å². The van der Waals surface area contributed by atoms with Crippen molar-refractivity contribution in [3.05, 3.63) is 0 Å². The Labute approximate surface area is 77.1 Å². The summed E-state index contributed by atoms with van der Waals surface area (Å²) in [4.78, 5) is 14.7. The maximum Gasteiger partial charge on any atom is 0.407 e. The minimum Gasteiger partial charge on any atom is -0.465 e. The Hall–Kier alpha value is -0.770. The van der Waals surface area contributed by atoms with E-state index in [4.69, 9.17) is 5.11 Å². The molecular weight excluding hydrogens is 168 g/mol. The summed E-state index contributed by atoms with van der Waals surface area (Å²) in [5.74, 6) is 0. The van der Waals surface area contributed by atoms with Gasteiger partial charge in [0.15, 0.2) is 0 Å². The third-order valence-electron chi connectivity index (χ3n) is 3.66. The fourth-order valence-corrected chi connectivity index (χ4v) is 2.65. The van der Waals surface area contributed by atoms with Gasteiger partial charge in [0, 0.05) is 25.7 Å². The average Bonchev–Trinajstić information content (AvgIpc) is 2.64. The Balaban J connectivity index is 1.63. The predicted octanol–water partition coefficient (Wildman–Crippen LogP) is 0.587. The first kappa shape index (κ1) is 7.62. The molecule has 1 N–H and O–H groups in total. The highest BCUT2D eigenvalue weighted by atomic mass is 16.4. The van der Waals surface area contributed by atoms with E-state index in [9.17, 15) is 4.79 Å². The molecule has 0 aromatic rings. The van der Waals surface area contributed by atoms with Crippen LogP contribution in [0.5, 0.6) is 0 Å². The third-order valence-corrected chi connectivity index (χ3v) is 3.66. The molecule has 13 heavy (non-hydrogen) atoms. The lowest BCUT2D eigenvalue weighted by Crippen LogP contribution is -2.77. The fraction of sp³-hybridized carbons (Fsp3) is 0.889. The molecule has 0 aromatic carbocycles. The molecule has 0 aromatic heterocycles. The zero-order valence-corrected chi connectivity index (χ0v) is 7.57. The van der Waals surface area contributed by atoms with E-state index in [2.05, 4.69) is 4.90 Å². The van der Waals surface area contributed by atoms with Gasteiger partial charge in [-0.2, -0.15) is 0 Å². The summed E-state index contributed by atoms with van der Waals surface area (Å²) in [5, 5.41) is 8.73. The molecule has 4 nitrogen and oxygen atoms in total. The van der Waals surface area contributed by atoms with Gasteiger partial charge >= 0.3 is 6.09 Å². The Morgan fingerprint density at radius 1 is 1.38 bits per heavy atom. The van der Waals surface area contributed by atoms with Crippen molar-refractivity contribution in [1.82, 2.24) is 9.80 Å². The maximum atomic E-state index is 10.6. The Morgan fingerprint density at radius 3 is 2.46 bits per heavy atom. The van der Waals surface area contributed by atoms with Crippen molar-refractivity contribution in [2.45, 2.75) is 30.8 Å². The normalized spacial score (nSPS) is 31.2. The number of rotatable bonds is 1.